The van der Waals surface area contributed by atoms with E-state index in [1.165, 1.54) is 121 Å². The SMILES string of the molecule is c1ccc2c(c1)-c1ccccc1C21c2ccc3ccccc3c2-c2c1c1ccc(-c3c4ccccc4c(-c4ccc5oc6ccccc6c5c4)c4ccccc34)cc1c1ccccc21. The lowest BCUT2D eigenvalue weighted by Crippen LogP contribution is -2.26. The van der Waals surface area contributed by atoms with Gasteiger partial charge in [-0.3, -0.25) is 0 Å². The number of rotatable bonds is 2. The Labute approximate surface area is 369 Å². The van der Waals surface area contributed by atoms with E-state index in [-0.39, 0.29) is 0 Å². The fraction of sp³-hybridized carbons (Fsp3) is 0.0159. The van der Waals surface area contributed by atoms with Crippen molar-refractivity contribution >= 4 is 75.8 Å². The lowest BCUT2D eigenvalue weighted by molar-refractivity contribution is 0.669. The standard InChI is InChI=1S/C63H36O/c1-2-16-40-37(15-1)30-33-55-60(40)61-45-21-4-3-17-41(45)51-35-38(29-32-50(51)62(61)63(55)53-26-12-9-18-42(53)43-19-10-13-27-54(43)63)58-46-22-5-7-24-48(46)59(49-25-8-6-23-47(49)58)39-31-34-57-52(36-39)44-20-11-14-28-56(44)64-57/h1-36H. The van der Waals surface area contributed by atoms with Crippen LogP contribution in [-0.2, 0) is 5.41 Å². The third-order valence-corrected chi connectivity index (χ3v) is 14.8. The van der Waals surface area contributed by atoms with E-state index in [4.69, 9.17) is 4.42 Å². The second-order valence-corrected chi connectivity index (χ2v) is 17.8. The van der Waals surface area contributed by atoms with Crippen molar-refractivity contribution in [1.82, 2.24) is 0 Å². The van der Waals surface area contributed by atoms with Gasteiger partial charge in [0.15, 0.2) is 0 Å². The summed E-state index contributed by atoms with van der Waals surface area (Å²) in [6.07, 6.45) is 0. The van der Waals surface area contributed by atoms with Gasteiger partial charge in [0, 0.05) is 10.8 Å². The molecule has 0 saturated carbocycles. The summed E-state index contributed by atoms with van der Waals surface area (Å²) in [5, 5.41) is 15.0. The first-order chi connectivity index (χ1) is 31.8. The number of para-hydroxylation sites is 1. The van der Waals surface area contributed by atoms with Crippen molar-refractivity contribution in [3.63, 3.8) is 0 Å². The molecule has 0 N–H and O–H groups in total. The molecule has 0 fully saturated rings. The molecule has 0 amide bonds. The van der Waals surface area contributed by atoms with Crippen LogP contribution in [0.1, 0.15) is 22.3 Å². The molecule has 0 saturated heterocycles. The van der Waals surface area contributed by atoms with E-state index in [0.29, 0.717) is 0 Å². The average Bonchev–Trinajstić information content (AvgIpc) is 4.00. The first-order valence-electron chi connectivity index (χ1n) is 22.3. The molecule has 1 spiro atoms. The smallest absolute Gasteiger partial charge is 0.135 e. The zero-order valence-electron chi connectivity index (χ0n) is 34.7. The topological polar surface area (TPSA) is 13.1 Å². The Morgan fingerprint density at radius 2 is 0.750 bits per heavy atom. The molecule has 0 atom stereocenters. The van der Waals surface area contributed by atoms with Crippen molar-refractivity contribution in [2.45, 2.75) is 5.41 Å². The normalized spacial score (nSPS) is 13.4. The average molecular weight is 809 g/mol. The van der Waals surface area contributed by atoms with E-state index in [2.05, 4.69) is 212 Å². The quantitative estimate of drug-likeness (QED) is 0.125. The van der Waals surface area contributed by atoms with Crippen molar-refractivity contribution < 1.29 is 4.42 Å². The highest BCUT2D eigenvalue weighted by atomic mass is 16.3. The van der Waals surface area contributed by atoms with Gasteiger partial charge in [-0.15, -0.1) is 0 Å². The molecule has 0 bridgehead atoms. The van der Waals surface area contributed by atoms with Gasteiger partial charge in [-0.1, -0.05) is 194 Å². The zero-order valence-corrected chi connectivity index (χ0v) is 34.7. The summed E-state index contributed by atoms with van der Waals surface area (Å²) in [7, 11) is 0. The fourth-order valence-electron chi connectivity index (χ4n) is 12.4. The van der Waals surface area contributed by atoms with E-state index < -0.39 is 5.41 Å². The monoisotopic (exact) mass is 808 g/mol. The van der Waals surface area contributed by atoms with Crippen molar-refractivity contribution in [2.75, 3.05) is 0 Å². The van der Waals surface area contributed by atoms with Gasteiger partial charge in [0.25, 0.3) is 0 Å². The highest BCUT2D eigenvalue weighted by molar-refractivity contribution is 6.26. The summed E-state index contributed by atoms with van der Waals surface area (Å²) in [5.74, 6) is 0. The van der Waals surface area contributed by atoms with E-state index in [1.807, 2.05) is 6.07 Å². The maximum atomic E-state index is 6.29. The van der Waals surface area contributed by atoms with Crippen LogP contribution in [0.3, 0.4) is 0 Å². The van der Waals surface area contributed by atoms with Gasteiger partial charge in [-0.05, 0) is 145 Å². The fourth-order valence-corrected chi connectivity index (χ4v) is 12.4. The first kappa shape index (κ1) is 34.3. The van der Waals surface area contributed by atoms with Crippen molar-refractivity contribution in [3.05, 3.63) is 241 Å². The van der Waals surface area contributed by atoms with Crippen LogP contribution in [0.5, 0.6) is 0 Å². The Hall–Kier alpha value is -8.26. The molecule has 0 radical (unpaired) electrons. The minimum atomic E-state index is -0.492. The Balaban J connectivity index is 1.06. The maximum absolute atomic E-state index is 6.29. The molecule has 64 heavy (non-hydrogen) atoms. The van der Waals surface area contributed by atoms with E-state index in [0.717, 1.165) is 21.9 Å². The summed E-state index contributed by atoms with van der Waals surface area (Å²) < 4.78 is 6.29. The largest absolute Gasteiger partial charge is 0.456 e. The van der Waals surface area contributed by atoms with Crippen LogP contribution in [-0.4, -0.2) is 0 Å². The van der Waals surface area contributed by atoms with Crippen LogP contribution in [0.4, 0.5) is 0 Å². The van der Waals surface area contributed by atoms with Gasteiger partial charge in [0.1, 0.15) is 11.2 Å². The van der Waals surface area contributed by atoms with Crippen LogP contribution < -0.4 is 0 Å². The number of hydrogen-bond donors (Lipinski definition) is 0. The van der Waals surface area contributed by atoms with E-state index >= 15 is 0 Å². The van der Waals surface area contributed by atoms with Crippen molar-refractivity contribution in [1.29, 1.82) is 0 Å². The van der Waals surface area contributed by atoms with Gasteiger partial charge in [-0.25, -0.2) is 0 Å². The summed E-state index contributed by atoms with van der Waals surface area (Å²) in [5.41, 5.74) is 17.1. The van der Waals surface area contributed by atoms with Crippen molar-refractivity contribution in [3.8, 4) is 44.5 Å². The molecule has 1 heterocycles. The zero-order chi connectivity index (χ0) is 41.7. The first-order valence-corrected chi connectivity index (χ1v) is 22.3. The molecule has 0 unspecified atom stereocenters. The van der Waals surface area contributed by atoms with Crippen LogP contribution in [0.25, 0.3) is 120 Å². The highest BCUT2D eigenvalue weighted by Gasteiger charge is 2.53. The minimum Gasteiger partial charge on any atom is -0.456 e. The molecular weight excluding hydrogens is 773 g/mol. The van der Waals surface area contributed by atoms with E-state index in [9.17, 15) is 0 Å². The summed E-state index contributed by atoms with van der Waals surface area (Å²) in [6.45, 7) is 0. The molecule has 0 aliphatic heterocycles. The van der Waals surface area contributed by atoms with E-state index in [1.54, 1.807) is 0 Å². The Kier molecular flexibility index (Phi) is 6.67. The number of fused-ring (bicyclic) bond motifs is 22. The van der Waals surface area contributed by atoms with Gasteiger partial charge >= 0.3 is 0 Å². The summed E-state index contributed by atoms with van der Waals surface area (Å²) in [6, 6.07) is 81.7. The molecular formula is C63H36O. The predicted octanol–water partition coefficient (Wildman–Crippen LogP) is 17.0. The van der Waals surface area contributed by atoms with Crippen molar-refractivity contribution in [2.24, 2.45) is 0 Å². The third kappa shape index (κ3) is 4.24. The molecule has 1 nitrogen and oxygen atoms in total. The van der Waals surface area contributed by atoms with Gasteiger partial charge in [-0.2, -0.15) is 0 Å². The van der Waals surface area contributed by atoms with Crippen LogP contribution >= 0.6 is 0 Å². The predicted molar refractivity (Wildman–Crippen MR) is 268 cm³/mol. The van der Waals surface area contributed by atoms with Gasteiger partial charge < -0.3 is 4.42 Å². The molecule has 1 aromatic heterocycles. The van der Waals surface area contributed by atoms with Gasteiger partial charge in [0.05, 0.1) is 5.41 Å². The molecule has 2 aliphatic rings. The minimum absolute atomic E-state index is 0.492. The molecule has 294 valence electrons. The number of hydrogen-bond acceptors (Lipinski definition) is 1. The number of furan rings is 1. The Bertz CT molecular complexity index is 4100. The lowest BCUT2D eigenvalue weighted by atomic mass is 9.69. The molecule has 15 rings (SSSR count). The third-order valence-electron chi connectivity index (χ3n) is 14.8. The highest BCUT2D eigenvalue weighted by Crippen LogP contribution is 2.66. The van der Waals surface area contributed by atoms with Crippen LogP contribution in [0.15, 0.2) is 223 Å². The van der Waals surface area contributed by atoms with Gasteiger partial charge in [0.2, 0.25) is 0 Å². The maximum Gasteiger partial charge on any atom is 0.135 e. The Morgan fingerprint density at radius 3 is 1.41 bits per heavy atom. The molecule has 1 heteroatoms. The second-order valence-electron chi connectivity index (χ2n) is 17.8. The summed E-state index contributed by atoms with van der Waals surface area (Å²) in [4.78, 5) is 0. The second kappa shape index (κ2) is 12.4. The van der Waals surface area contributed by atoms with Crippen LogP contribution in [0.2, 0.25) is 0 Å². The lowest BCUT2D eigenvalue weighted by Gasteiger charge is -2.32. The number of benzene rings is 12. The van der Waals surface area contributed by atoms with Crippen LogP contribution in [0, 0.1) is 0 Å². The summed E-state index contributed by atoms with van der Waals surface area (Å²) >= 11 is 0. The molecule has 2 aliphatic carbocycles. The molecule has 12 aromatic carbocycles. The Morgan fingerprint density at radius 1 is 0.266 bits per heavy atom. The molecule has 13 aromatic rings.